The van der Waals surface area contributed by atoms with E-state index in [0.29, 0.717) is 28.1 Å². The number of fused-ring (bicyclic) bond motifs is 1. The highest BCUT2D eigenvalue weighted by molar-refractivity contribution is 7.86. The average Bonchev–Trinajstić information content (AvgIpc) is 3.16. The lowest BCUT2D eigenvalue weighted by molar-refractivity contribution is 0.480. The molecule has 1 aromatic heterocycles. The first-order valence-electron chi connectivity index (χ1n) is 17.6. The van der Waals surface area contributed by atoms with Crippen molar-refractivity contribution in [2.45, 2.75) is 41.4 Å². The highest BCUT2D eigenvalue weighted by atomic mass is 32.2. The molecule has 0 bridgehead atoms. The number of azo groups is 2. The molecule has 0 aliphatic carbocycles. The Bertz CT molecular complexity index is 3200. The molecule has 0 saturated carbocycles. The van der Waals surface area contributed by atoms with Crippen LogP contribution in [0.2, 0.25) is 0 Å². The molecule has 0 aliphatic rings. The van der Waals surface area contributed by atoms with Gasteiger partial charge in [0.15, 0.2) is 0 Å². The van der Waals surface area contributed by atoms with Crippen LogP contribution in [0.5, 0.6) is 0 Å². The molecule has 61 heavy (non-hydrogen) atoms. The molecule has 24 heteroatoms. The third-order valence-electron chi connectivity index (χ3n) is 8.82. The van der Waals surface area contributed by atoms with Crippen molar-refractivity contribution in [3.63, 3.8) is 0 Å². The molecule has 0 amide bonds. The molecule has 0 atom stereocenters. The predicted molar refractivity (Wildman–Crippen MR) is 221 cm³/mol. The number of nitrogens with one attached hydrogen (secondary N) is 1. The maximum absolute atomic E-state index is 12.5. The van der Waals surface area contributed by atoms with Crippen molar-refractivity contribution in [3.8, 4) is 0 Å². The Labute approximate surface area is 349 Å². The Morgan fingerprint density at radius 1 is 0.525 bits per heavy atom. The van der Waals surface area contributed by atoms with Crippen molar-refractivity contribution < 1.29 is 51.9 Å². The molecule has 5 N–H and O–H groups in total. The third kappa shape index (κ3) is 11.6. The lowest BCUT2D eigenvalue weighted by Gasteiger charge is -2.13. The SMILES string of the molecule is Cc1cc(N=Nc2cc(S(=O)(=O)O)c3cccc(S(=O)(=O)O)c3c2)c(C)cc1Cc1nc(Cc2ccc(N=Nc3ccccc3)cc2S(=O)(=O)O)nc(NCCS(=O)(=O)O)n1. The first-order chi connectivity index (χ1) is 28.5. The van der Waals surface area contributed by atoms with Crippen LogP contribution >= 0.6 is 0 Å². The molecule has 0 aliphatic heterocycles. The van der Waals surface area contributed by atoms with E-state index >= 15 is 0 Å². The number of rotatable bonds is 15. The van der Waals surface area contributed by atoms with Crippen molar-refractivity contribution in [2.24, 2.45) is 20.5 Å². The van der Waals surface area contributed by atoms with E-state index in [1.165, 1.54) is 30.3 Å². The molecular formula is C37H34N8O12S4. The van der Waals surface area contributed by atoms with Gasteiger partial charge in [0, 0.05) is 30.2 Å². The van der Waals surface area contributed by atoms with Crippen LogP contribution in [0.3, 0.4) is 0 Å². The summed E-state index contributed by atoms with van der Waals surface area (Å²) in [5, 5.41) is 18.8. The Morgan fingerprint density at radius 2 is 1.13 bits per heavy atom. The Hall–Kier alpha value is -5.99. The summed E-state index contributed by atoms with van der Waals surface area (Å²) in [4.78, 5) is 11.5. The molecular weight excluding hydrogens is 877 g/mol. The number of aromatic nitrogens is 3. The van der Waals surface area contributed by atoms with Crippen molar-refractivity contribution in [1.82, 2.24) is 15.0 Å². The van der Waals surface area contributed by atoms with E-state index in [4.69, 9.17) is 0 Å². The highest BCUT2D eigenvalue weighted by Gasteiger charge is 2.22. The van der Waals surface area contributed by atoms with Gasteiger partial charge in [-0.25, -0.2) is 4.98 Å². The molecule has 318 valence electrons. The molecule has 5 aromatic carbocycles. The van der Waals surface area contributed by atoms with Gasteiger partial charge < -0.3 is 5.32 Å². The number of benzene rings is 5. The molecule has 0 radical (unpaired) electrons. The van der Waals surface area contributed by atoms with E-state index in [1.807, 2.05) is 0 Å². The van der Waals surface area contributed by atoms with Gasteiger partial charge in [0.2, 0.25) is 5.95 Å². The summed E-state index contributed by atoms with van der Waals surface area (Å²) in [7, 11) is -18.9. The van der Waals surface area contributed by atoms with E-state index < -0.39 is 60.9 Å². The Morgan fingerprint density at radius 3 is 1.77 bits per heavy atom. The second-order valence-electron chi connectivity index (χ2n) is 13.4. The zero-order valence-electron chi connectivity index (χ0n) is 31.8. The van der Waals surface area contributed by atoms with Crippen LogP contribution < -0.4 is 5.32 Å². The number of hydrogen-bond donors (Lipinski definition) is 5. The number of anilines is 1. The standard InChI is InChI=1S/C37H34N8O12S4/c1-22-16-31(45-44-28-19-30-29(34(21-28)61(55,56)57)9-6-10-32(30)59(49,50)51)23(2)15-25(22)18-36-39-35(40-37(41-36)38-13-14-58(46,47)48)17-24-11-12-27(20-33(24)60(52,53)54)43-42-26-7-4-3-5-8-26/h3-12,15-16,19-21H,13-14,17-18H2,1-2H3,(H,46,47,48)(H,49,50,51)(H,52,53,54)(H,55,56,57)(H,38,39,40,41). The third-order valence-corrected chi connectivity index (χ3v) is 12.3. The zero-order valence-corrected chi connectivity index (χ0v) is 35.1. The summed E-state index contributed by atoms with van der Waals surface area (Å²) >= 11 is 0. The van der Waals surface area contributed by atoms with Gasteiger partial charge in [-0.15, -0.1) is 0 Å². The molecule has 1 heterocycles. The van der Waals surface area contributed by atoms with Crippen molar-refractivity contribution in [3.05, 3.63) is 125 Å². The van der Waals surface area contributed by atoms with E-state index in [0.717, 1.165) is 18.2 Å². The molecule has 0 unspecified atom stereocenters. The summed E-state index contributed by atoms with van der Waals surface area (Å²) in [5.74, 6) is -0.593. The molecule has 6 rings (SSSR count). The Balaban J connectivity index is 1.33. The van der Waals surface area contributed by atoms with Gasteiger partial charge in [0.05, 0.1) is 33.4 Å². The van der Waals surface area contributed by atoms with Gasteiger partial charge in [-0.1, -0.05) is 42.5 Å². The van der Waals surface area contributed by atoms with Crippen LogP contribution in [0.4, 0.5) is 28.7 Å². The highest BCUT2D eigenvalue weighted by Crippen LogP contribution is 2.35. The Kier molecular flexibility index (Phi) is 12.8. The van der Waals surface area contributed by atoms with Crippen LogP contribution in [0, 0.1) is 13.8 Å². The van der Waals surface area contributed by atoms with Gasteiger partial charge in [-0.05, 0) is 84.6 Å². The molecule has 0 saturated heterocycles. The van der Waals surface area contributed by atoms with Gasteiger partial charge >= 0.3 is 0 Å². The predicted octanol–water partition coefficient (Wildman–Crippen LogP) is 6.69. The van der Waals surface area contributed by atoms with Crippen LogP contribution in [0.15, 0.2) is 126 Å². The van der Waals surface area contributed by atoms with Gasteiger partial charge in [-0.3, -0.25) is 18.2 Å². The van der Waals surface area contributed by atoms with Gasteiger partial charge in [0.1, 0.15) is 21.4 Å². The number of nitrogens with zero attached hydrogens (tertiary/aromatic N) is 7. The summed E-state index contributed by atoms with van der Waals surface area (Å²) in [6, 6.07) is 21.8. The fraction of sp³-hybridized carbons (Fsp3) is 0.162. The normalized spacial score (nSPS) is 12.8. The largest absolute Gasteiger partial charge is 0.353 e. The first-order valence-corrected chi connectivity index (χ1v) is 23.5. The molecule has 0 fully saturated rings. The van der Waals surface area contributed by atoms with Crippen molar-refractivity contribution in [1.29, 1.82) is 0 Å². The minimum atomic E-state index is -4.89. The number of aryl methyl sites for hydroxylation is 2. The quantitative estimate of drug-likeness (QED) is 0.0529. The van der Waals surface area contributed by atoms with Crippen molar-refractivity contribution in [2.75, 3.05) is 17.6 Å². The second kappa shape index (κ2) is 17.5. The fourth-order valence-electron chi connectivity index (χ4n) is 6.02. The zero-order chi connectivity index (χ0) is 44.3. The first kappa shape index (κ1) is 44.6. The topological polar surface area (TPSA) is 318 Å². The average molecular weight is 911 g/mol. The smallest absolute Gasteiger partial charge is 0.295 e. The molecule has 6 aromatic rings. The van der Waals surface area contributed by atoms with E-state index in [1.54, 1.807) is 56.3 Å². The second-order valence-corrected chi connectivity index (χ2v) is 19.1. The van der Waals surface area contributed by atoms with E-state index in [9.17, 15) is 51.9 Å². The number of hydrogen-bond acceptors (Lipinski definition) is 16. The lowest BCUT2D eigenvalue weighted by Crippen LogP contribution is -2.18. The summed E-state index contributed by atoms with van der Waals surface area (Å²) in [5.41, 5.74) is 2.75. The maximum atomic E-state index is 12.5. The minimum absolute atomic E-state index is 0.0273. The van der Waals surface area contributed by atoms with Crippen LogP contribution in [-0.2, 0) is 53.3 Å². The maximum Gasteiger partial charge on any atom is 0.295 e. The lowest BCUT2D eigenvalue weighted by atomic mass is 10.0. The summed E-state index contributed by atoms with van der Waals surface area (Å²) in [6.45, 7) is 3.14. The summed E-state index contributed by atoms with van der Waals surface area (Å²) < 4.78 is 136. The van der Waals surface area contributed by atoms with Crippen LogP contribution in [0.25, 0.3) is 10.8 Å². The molecule has 20 nitrogen and oxygen atoms in total. The van der Waals surface area contributed by atoms with E-state index in [2.05, 4.69) is 40.7 Å². The van der Waals surface area contributed by atoms with Crippen LogP contribution in [0.1, 0.15) is 33.9 Å². The van der Waals surface area contributed by atoms with E-state index in [-0.39, 0.29) is 64.7 Å². The summed E-state index contributed by atoms with van der Waals surface area (Å²) in [6.07, 6.45) is -0.192. The van der Waals surface area contributed by atoms with Gasteiger partial charge in [-0.2, -0.15) is 64.1 Å². The minimum Gasteiger partial charge on any atom is -0.353 e. The van der Waals surface area contributed by atoms with Gasteiger partial charge in [0.25, 0.3) is 40.5 Å². The molecule has 0 spiro atoms. The van der Waals surface area contributed by atoms with Crippen molar-refractivity contribution >= 4 is 79.9 Å². The van der Waals surface area contributed by atoms with Crippen LogP contribution in [-0.4, -0.2) is 79.1 Å². The monoisotopic (exact) mass is 910 g/mol. The fourth-order valence-corrected chi connectivity index (χ4v) is 8.54.